The normalized spacial score (nSPS) is 13.2. The Hall–Kier alpha value is -0.940. The molecule has 0 aliphatic carbocycles. The molecular formula is C13H25NO4. The second-order valence-corrected chi connectivity index (χ2v) is 5.23. The second kappa shape index (κ2) is 8.21. The van der Waals surface area contributed by atoms with Crippen LogP contribution in [0.1, 0.15) is 46.5 Å². The van der Waals surface area contributed by atoms with Crippen molar-refractivity contribution in [2.24, 2.45) is 5.41 Å². The van der Waals surface area contributed by atoms with Crippen molar-refractivity contribution >= 4 is 11.7 Å². The quantitative estimate of drug-likeness (QED) is 0.530. The molecule has 0 aliphatic rings. The molecule has 0 saturated carbocycles. The van der Waals surface area contributed by atoms with Crippen LogP contribution in [0, 0.1) is 5.41 Å². The molecule has 0 radical (unpaired) electrons. The summed E-state index contributed by atoms with van der Waals surface area (Å²) in [7, 11) is 0. The fourth-order valence-corrected chi connectivity index (χ4v) is 1.44. The van der Waals surface area contributed by atoms with Gasteiger partial charge in [0.1, 0.15) is 11.9 Å². The molecule has 3 N–H and O–H groups in total. The summed E-state index contributed by atoms with van der Waals surface area (Å²) in [5.74, 6) is -0.306. The van der Waals surface area contributed by atoms with E-state index in [0.29, 0.717) is 25.8 Å². The molecule has 0 spiro atoms. The van der Waals surface area contributed by atoms with Gasteiger partial charge in [0.05, 0.1) is 6.61 Å². The van der Waals surface area contributed by atoms with Crippen molar-refractivity contribution in [3.8, 4) is 0 Å². The monoisotopic (exact) mass is 259 g/mol. The lowest BCUT2D eigenvalue weighted by Gasteiger charge is -2.27. The Balaban J connectivity index is 3.87. The van der Waals surface area contributed by atoms with Gasteiger partial charge in [0.2, 0.25) is 5.91 Å². The van der Waals surface area contributed by atoms with Crippen molar-refractivity contribution in [2.45, 2.75) is 52.6 Å². The van der Waals surface area contributed by atoms with E-state index in [2.05, 4.69) is 5.32 Å². The van der Waals surface area contributed by atoms with Gasteiger partial charge in [-0.25, -0.2) is 0 Å². The summed E-state index contributed by atoms with van der Waals surface area (Å²) >= 11 is 0. The number of carbonyl (C=O) groups excluding carboxylic acids is 2. The maximum Gasteiger partial charge on any atom is 0.249 e. The Labute approximate surface area is 109 Å². The molecule has 0 aromatic rings. The van der Waals surface area contributed by atoms with Gasteiger partial charge < -0.3 is 15.5 Å². The van der Waals surface area contributed by atoms with Gasteiger partial charge in [0.15, 0.2) is 0 Å². The van der Waals surface area contributed by atoms with E-state index in [-0.39, 0.29) is 12.4 Å². The molecule has 0 rings (SSSR count). The average molecular weight is 259 g/mol. The third kappa shape index (κ3) is 6.12. The summed E-state index contributed by atoms with van der Waals surface area (Å²) in [4.78, 5) is 22.8. The number of carbonyl (C=O) groups is 2. The third-order valence-corrected chi connectivity index (χ3v) is 2.86. The number of nitrogens with one attached hydrogen (secondary N) is 1. The zero-order valence-corrected chi connectivity index (χ0v) is 11.5. The van der Waals surface area contributed by atoms with Crippen LogP contribution in [0.15, 0.2) is 0 Å². The van der Waals surface area contributed by atoms with E-state index < -0.39 is 17.4 Å². The predicted molar refractivity (Wildman–Crippen MR) is 69.0 cm³/mol. The first-order valence-electron chi connectivity index (χ1n) is 6.43. The van der Waals surface area contributed by atoms with Gasteiger partial charge in [-0.3, -0.25) is 9.59 Å². The zero-order chi connectivity index (χ0) is 14.2. The molecule has 0 aromatic heterocycles. The second-order valence-electron chi connectivity index (χ2n) is 5.23. The van der Waals surface area contributed by atoms with Crippen LogP contribution in [0.5, 0.6) is 0 Å². The van der Waals surface area contributed by atoms with Crippen molar-refractivity contribution in [3.05, 3.63) is 0 Å². The van der Waals surface area contributed by atoms with Gasteiger partial charge in [-0.2, -0.15) is 0 Å². The molecular weight excluding hydrogens is 234 g/mol. The van der Waals surface area contributed by atoms with E-state index in [1.807, 2.05) is 6.92 Å². The number of rotatable bonds is 9. The van der Waals surface area contributed by atoms with Crippen LogP contribution in [0.3, 0.4) is 0 Å². The predicted octanol–water partition coefficient (Wildman–Crippen LogP) is 0.631. The Morgan fingerprint density at radius 3 is 2.39 bits per heavy atom. The highest BCUT2D eigenvalue weighted by atomic mass is 16.3. The standard InChI is InChI=1S/C13H25NO4/c1-4-6-10(16)7-5-8-14-12(18)11(17)13(2,3)9-15/h11,15,17H,4-9H2,1-3H3,(H,14,18)/t11-/m0/s1. The fraction of sp³-hybridized carbons (Fsp3) is 0.846. The lowest BCUT2D eigenvalue weighted by molar-refractivity contribution is -0.137. The number of hydrogen-bond acceptors (Lipinski definition) is 4. The molecule has 5 nitrogen and oxygen atoms in total. The van der Waals surface area contributed by atoms with Crippen LogP contribution in [-0.2, 0) is 9.59 Å². The minimum absolute atomic E-state index is 0.197. The minimum Gasteiger partial charge on any atom is -0.396 e. The SMILES string of the molecule is CCCC(=O)CCCNC(=O)[C@H](O)C(C)(C)CO. The van der Waals surface area contributed by atoms with E-state index >= 15 is 0 Å². The Morgan fingerprint density at radius 2 is 1.89 bits per heavy atom. The molecule has 0 heterocycles. The molecule has 0 fully saturated rings. The maximum atomic E-state index is 11.6. The van der Waals surface area contributed by atoms with Gasteiger partial charge in [0.25, 0.3) is 0 Å². The number of hydrogen-bond donors (Lipinski definition) is 3. The average Bonchev–Trinajstić information content (AvgIpc) is 2.33. The molecule has 1 amide bonds. The molecule has 106 valence electrons. The first-order chi connectivity index (χ1) is 8.35. The lowest BCUT2D eigenvalue weighted by atomic mass is 9.87. The summed E-state index contributed by atoms with van der Waals surface area (Å²) in [5, 5.41) is 21.3. The highest BCUT2D eigenvalue weighted by molar-refractivity contribution is 5.81. The van der Waals surface area contributed by atoms with E-state index in [9.17, 15) is 14.7 Å². The molecule has 0 aliphatic heterocycles. The number of Topliss-reactive ketones (excluding diaryl/α,β-unsaturated/α-hetero) is 1. The van der Waals surface area contributed by atoms with Crippen LogP contribution in [-0.4, -0.2) is 41.2 Å². The Bertz CT molecular complexity index is 276. The topological polar surface area (TPSA) is 86.6 Å². The number of aliphatic hydroxyl groups is 2. The Kier molecular flexibility index (Phi) is 7.78. The zero-order valence-electron chi connectivity index (χ0n) is 11.5. The molecule has 1 atom stereocenters. The summed E-state index contributed by atoms with van der Waals surface area (Å²) in [6, 6.07) is 0. The van der Waals surface area contributed by atoms with Crippen LogP contribution in [0.2, 0.25) is 0 Å². The van der Waals surface area contributed by atoms with Gasteiger partial charge >= 0.3 is 0 Å². The first-order valence-corrected chi connectivity index (χ1v) is 6.43. The largest absolute Gasteiger partial charge is 0.396 e. The van der Waals surface area contributed by atoms with Crippen LogP contribution in [0.4, 0.5) is 0 Å². The van der Waals surface area contributed by atoms with Crippen LogP contribution < -0.4 is 5.32 Å². The third-order valence-electron chi connectivity index (χ3n) is 2.86. The summed E-state index contributed by atoms with van der Waals surface area (Å²) in [5.41, 5.74) is -0.859. The van der Waals surface area contributed by atoms with Crippen molar-refractivity contribution < 1.29 is 19.8 Å². The van der Waals surface area contributed by atoms with Gasteiger partial charge in [-0.05, 0) is 12.8 Å². The Morgan fingerprint density at radius 1 is 1.28 bits per heavy atom. The number of ketones is 1. The molecule has 18 heavy (non-hydrogen) atoms. The van der Waals surface area contributed by atoms with Crippen LogP contribution >= 0.6 is 0 Å². The summed E-state index contributed by atoms with van der Waals surface area (Å²) in [6.07, 6.45) is 1.21. The smallest absolute Gasteiger partial charge is 0.249 e. The number of amides is 1. The van der Waals surface area contributed by atoms with E-state index in [0.717, 1.165) is 6.42 Å². The highest BCUT2D eigenvalue weighted by Gasteiger charge is 2.32. The van der Waals surface area contributed by atoms with E-state index in [1.54, 1.807) is 13.8 Å². The van der Waals surface area contributed by atoms with Crippen molar-refractivity contribution in [3.63, 3.8) is 0 Å². The molecule has 0 unspecified atom stereocenters. The van der Waals surface area contributed by atoms with Gasteiger partial charge in [0, 0.05) is 24.8 Å². The molecule has 0 saturated heterocycles. The fourth-order valence-electron chi connectivity index (χ4n) is 1.44. The van der Waals surface area contributed by atoms with Gasteiger partial charge in [-0.1, -0.05) is 20.8 Å². The van der Waals surface area contributed by atoms with E-state index in [1.165, 1.54) is 0 Å². The van der Waals surface area contributed by atoms with E-state index in [4.69, 9.17) is 5.11 Å². The van der Waals surface area contributed by atoms with Crippen molar-refractivity contribution in [2.75, 3.05) is 13.2 Å². The molecule has 0 aromatic carbocycles. The van der Waals surface area contributed by atoms with Crippen molar-refractivity contribution in [1.82, 2.24) is 5.32 Å². The van der Waals surface area contributed by atoms with Gasteiger partial charge in [-0.15, -0.1) is 0 Å². The lowest BCUT2D eigenvalue weighted by Crippen LogP contribution is -2.45. The summed E-state index contributed by atoms with van der Waals surface area (Å²) in [6.45, 7) is 5.28. The number of aliphatic hydroxyl groups excluding tert-OH is 2. The molecule has 5 heteroatoms. The van der Waals surface area contributed by atoms with Crippen LogP contribution in [0.25, 0.3) is 0 Å². The summed E-state index contributed by atoms with van der Waals surface area (Å²) < 4.78 is 0. The first kappa shape index (κ1) is 17.1. The highest BCUT2D eigenvalue weighted by Crippen LogP contribution is 2.19. The van der Waals surface area contributed by atoms with Crippen molar-refractivity contribution in [1.29, 1.82) is 0 Å². The molecule has 0 bridgehead atoms. The minimum atomic E-state index is -1.24. The maximum absolute atomic E-state index is 11.6.